The van der Waals surface area contributed by atoms with E-state index in [0.717, 1.165) is 41.8 Å². The van der Waals surface area contributed by atoms with Crippen molar-refractivity contribution in [2.45, 2.75) is 28.7 Å². The fourth-order valence-electron chi connectivity index (χ4n) is 3.60. The molecule has 2 atom stereocenters. The molecule has 1 heterocycles. The van der Waals surface area contributed by atoms with Crippen LogP contribution < -0.4 is 11.1 Å². The number of alkyl carbamates (subject to hydrolysis) is 1. The predicted octanol–water partition coefficient (Wildman–Crippen LogP) is 6.01. The summed E-state index contributed by atoms with van der Waals surface area (Å²) in [5.74, 6) is -1.75. The first-order valence-electron chi connectivity index (χ1n) is 11.3. The molecule has 1 amide bonds. The van der Waals surface area contributed by atoms with Gasteiger partial charge in [-0.1, -0.05) is 64.5 Å². The first kappa shape index (κ1) is 30.6. The summed E-state index contributed by atoms with van der Waals surface area (Å²) in [4.78, 5) is 29.9. The zero-order chi connectivity index (χ0) is 29.0. The number of aromatic nitrogens is 1. The number of carbonyl (C=O) groups is 2. The van der Waals surface area contributed by atoms with Crippen molar-refractivity contribution in [3.05, 3.63) is 88.3 Å². The third kappa shape index (κ3) is 6.61. The van der Waals surface area contributed by atoms with Crippen LogP contribution in [0.4, 0.5) is 22.4 Å². The van der Waals surface area contributed by atoms with Crippen LogP contribution in [0, 0.1) is 5.82 Å². The van der Waals surface area contributed by atoms with Gasteiger partial charge in [0.2, 0.25) is 0 Å². The number of ether oxygens (including phenoxy) is 2. The summed E-state index contributed by atoms with van der Waals surface area (Å²) in [6, 6.07) is 14.4. The maximum absolute atomic E-state index is 14.2. The van der Waals surface area contributed by atoms with E-state index in [0.29, 0.717) is 5.56 Å². The number of alkyl halides is 4. The SMILES string of the molecule is COC(=O)C(C)(NC(=O)OCc1ccccc1)c1cc(-c2ccc(F)c(Cl)c2)nc(C(I)(CN)C(F)(F)F)c1. The Hall–Kier alpha value is -2.97. The average Bonchev–Trinajstić information content (AvgIpc) is 2.92. The zero-order valence-electron chi connectivity index (χ0n) is 20.6. The molecular weight excluding hydrogens is 657 g/mol. The number of nitrogens with one attached hydrogen (secondary N) is 1. The van der Waals surface area contributed by atoms with Crippen molar-refractivity contribution in [2.75, 3.05) is 13.7 Å². The van der Waals surface area contributed by atoms with Gasteiger partial charge in [0.1, 0.15) is 12.4 Å². The van der Waals surface area contributed by atoms with Crippen molar-refractivity contribution in [3.8, 4) is 11.3 Å². The number of pyridine rings is 1. The van der Waals surface area contributed by atoms with Gasteiger partial charge in [0.05, 0.1) is 23.5 Å². The molecule has 0 spiro atoms. The molecule has 0 fully saturated rings. The number of amides is 1. The normalized spacial score (nSPS) is 14.6. The van der Waals surface area contributed by atoms with E-state index in [4.69, 9.17) is 26.8 Å². The van der Waals surface area contributed by atoms with Gasteiger partial charge in [0.25, 0.3) is 0 Å². The van der Waals surface area contributed by atoms with Crippen LogP contribution >= 0.6 is 34.2 Å². The number of esters is 1. The Balaban J connectivity index is 2.16. The van der Waals surface area contributed by atoms with Crippen molar-refractivity contribution >= 4 is 46.3 Å². The van der Waals surface area contributed by atoms with E-state index < -0.39 is 45.3 Å². The molecule has 3 N–H and O–H groups in total. The van der Waals surface area contributed by atoms with Gasteiger partial charge in [-0.3, -0.25) is 4.98 Å². The highest BCUT2D eigenvalue weighted by Gasteiger charge is 2.55. The Morgan fingerprint density at radius 3 is 2.33 bits per heavy atom. The quantitative estimate of drug-likeness (QED) is 0.131. The van der Waals surface area contributed by atoms with Crippen LogP contribution in [-0.4, -0.2) is 36.9 Å². The molecule has 3 rings (SSSR count). The van der Waals surface area contributed by atoms with E-state index in [-0.39, 0.29) is 28.5 Å². The monoisotopic (exact) mass is 679 g/mol. The number of hydrogen-bond acceptors (Lipinski definition) is 6. The minimum absolute atomic E-state index is 0.0854. The minimum atomic E-state index is -4.85. The van der Waals surface area contributed by atoms with E-state index >= 15 is 0 Å². The Labute approximate surface area is 240 Å². The Morgan fingerprint density at radius 2 is 1.77 bits per heavy atom. The summed E-state index contributed by atoms with van der Waals surface area (Å²) in [6.45, 7) is 0.218. The van der Waals surface area contributed by atoms with Crippen LogP contribution in [0.3, 0.4) is 0 Å². The summed E-state index contributed by atoms with van der Waals surface area (Å²) in [5, 5.41) is 2.10. The van der Waals surface area contributed by atoms with Crippen molar-refractivity contribution in [2.24, 2.45) is 5.73 Å². The Kier molecular flexibility index (Phi) is 9.44. The lowest BCUT2D eigenvalue weighted by Gasteiger charge is -2.32. The van der Waals surface area contributed by atoms with Crippen LogP contribution in [-0.2, 0) is 29.8 Å². The molecule has 2 unspecified atom stereocenters. The van der Waals surface area contributed by atoms with Gasteiger partial charge < -0.3 is 20.5 Å². The standard InChI is InChI=1S/C26H23ClF4IN3O4/c1-24(22(36)38-2,35-23(37)39-13-15-6-4-3-5-7-15)17-11-20(16-8-9-19(28)18(27)10-16)34-21(12-17)25(32,14-33)26(29,30)31/h3-12H,13-14,33H2,1-2H3,(H,35,37). The highest BCUT2D eigenvalue weighted by atomic mass is 127. The van der Waals surface area contributed by atoms with E-state index in [1.165, 1.54) is 25.1 Å². The molecule has 0 bridgehead atoms. The molecule has 0 saturated carbocycles. The fraction of sp³-hybridized carbons (Fsp3) is 0.269. The van der Waals surface area contributed by atoms with Crippen molar-refractivity contribution in [1.82, 2.24) is 10.3 Å². The van der Waals surface area contributed by atoms with E-state index in [1.54, 1.807) is 30.3 Å². The topological polar surface area (TPSA) is 104 Å². The molecular formula is C26H23ClF4IN3O4. The Morgan fingerprint density at radius 1 is 1.10 bits per heavy atom. The summed E-state index contributed by atoms with van der Waals surface area (Å²) in [6.07, 6.45) is -5.89. The molecule has 3 aromatic rings. The second-order valence-corrected chi connectivity index (χ2v) is 10.8. The van der Waals surface area contributed by atoms with Crippen LogP contribution in [0.15, 0.2) is 60.7 Å². The van der Waals surface area contributed by atoms with Crippen LogP contribution in [0.25, 0.3) is 11.3 Å². The van der Waals surface area contributed by atoms with Crippen molar-refractivity contribution in [3.63, 3.8) is 0 Å². The first-order valence-corrected chi connectivity index (χ1v) is 12.7. The summed E-state index contributed by atoms with van der Waals surface area (Å²) in [5.41, 5.74) is 3.59. The number of hydrogen-bond donors (Lipinski definition) is 2. The molecule has 39 heavy (non-hydrogen) atoms. The molecule has 1 aromatic heterocycles. The van der Waals surface area contributed by atoms with Gasteiger partial charge in [0.15, 0.2) is 8.96 Å². The lowest BCUT2D eigenvalue weighted by atomic mass is 9.88. The van der Waals surface area contributed by atoms with Crippen molar-refractivity contribution < 1.29 is 36.6 Å². The predicted molar refractivity (Wildman–Crippen MR) is 145 cm³/mol. The molecule has 0 saturated heterocycles. The van der Waals surface area contributed by atoms with E-state index in [1.807, 2.05) is 0 Å². The second kappa shape index (κ2) is 12.0. The third-order valence-electron chi connectivity index (χ3n) is 5.91. The number of nitrogens with zero attached hydrogens (tertiary/aromatic N) is 1. The molecule has 0 aliphatic rings. The van der Waals surface area contributed by atoms with E-state index in [9.17, 15) is 27.2 Å². The van der Waals surface area contributed by atoms with Gasteiger partial charge in [-0.05, 0) is 48.4 Å². The maximum atomic E-state index is 14.2. The minimum Gasteiger partial charge on any atom is -0.467 e. The van der Waals surface area contributed by atoms with Gasteiger partial charge in [0, 0.05) is 12.1 Å². The van der Waals surface area contributed by atoms with Crippen LogP contribution in [0.1, 0.15) is 23.7 Å². The molecule has 7 nitrogen and oxygen atoms in total. The smallest absolute Gasteiger partial charge is 0.409 e. The van der Waals surface area contributed by atoms with Gasteiger partial charge in [-0.15, -0.1) is 0 Å². The summed E-state index contributed by atoms with van der Waals surface area (Å²) < 4.78 is 63.8. The van der Waals surface area contributed by atoms with Gasteiger partial charge >= 0.3 is 18.2 Å². The Bertz CT molecular complexity index is 1360. The van der Waals surface area contributed by atoms with Crippen LogP contribution in [0.2, 0.25) is 5.02 Å². The summed E-state index contributed by atoms with van der Waals surface area (Å²) in [7, 11) is 1.05. The number of rotatable bonds is 8. The highest BCUT2D eigenvalue weighted by molar-refractivity contribution is 14.1. The molecule has 0 aliphatic heterocycles. The number of methoxy groups -OCH3 is 1. The second-order valence-electron chi connectivity index (χ2n) is 8.56. The zero-order valence-corrected chi connectivity index (χ0v) is 23.5. The molecule has 208 valence electrons. The van der Waals surface area contributed by atoms with Crippen LogP contribution in [0.5, 0.6) is 0 Å². The van der Waals surface area contributed by atoms with E-state index in [2.05, 4.69) is 10.3 Å². The van der Waals surface area contributed by atoms with Gasteiger partial charge in [-0.2, -0.15) is 13.2 Å². The highest BCUT2D eigenvalue weighted by Crippen LogP contribution is 2.46. The largest absolute Gasteiger partial charge is 0.467 e. The molecule has 0 aliphatic carbocycles. The first-order chi connectivity index (χ1) is 18.2. The lowest BCUT2D eigenvalue weighted by molar-refractivity contribution is -0.155. The number of halogens is 6. The average molecular weight is 680 g/mol. The number of nitrogens with two attached hydrogens (primary N) is 1. The summed E-state index contributed by atoms with van der Waals surface area (Å²) >= 11 is 7.05. The molecule has 0 radical (unpaired) electrons. The lowest BCUT2D eigenvalue weighted by Crippen LogP contribution is -2.51. The molecule has 2 aromatic carbocycles. The number of carbonyl (C=O) groups excluding carboxylic acids is 2. The van der Waals surface area contributed by atoms with Gasteiger partial charge in [-0.25, -0.2) is 14.0 Å². The third-order valence-corrected chi connectivity index (χ3v) is 7.81. The van der Waals surface area contributed by atoms with Crippen molar-refractivity contribution in [1.29, 1.82) is 0 Å². The number of benzene rings is 2. The maximum Gasteiger partial charge on any atom is 0.409 e. The fourth-order valence-corrected chi connectivity index (χ4v) is 4.06. The molecule has 13 heteroatoms.